The summed E-state index contributed by atoms with van der Waals surface area (Å²) >= 11 is 1.75. The predicted octanol–water partition coefficient (Wildman–Crippen LogP) is 3.92. The molecule has 1 fully saturated rings. The van der Waals surface area contributed by atoms with Crippen LogP contribution in [0.1, 0.15) is 24.0 Å². The Morgan fingerprint density at radius 1 is 1.04 bits per heavy atom. The molecule has 3 rings (SSSR count). The SMILES string of the molecule is Cc1ccc(S(=O)(=O)NCC2(Sc3ccccc3)CCOCC2)cc1C. The number of benzene rings is 2. The smallest absolute Gasteiger partial charge is 0.240 e. The van der Waals surface area contributed by atoms with Crippen molar-refractivity contribution < 1.29 is 13.2 Å². The largest absolute Gasteiger partial charge is 0.381 e. The number of hydrogen-bond acceptors (Lipinski definition) is 4. The lowest BCUT2D eigenvalue weighted by atomic mass is 9.99. The molecule has 0 radical (unpaired) electrons. The number of aryl methyl sites for hydroxylation is 2. The van der Waals surface area contributed by atoms with Crippen LogP contribution in [0.25, 0.3) is 0 Å². The van der Waals surface area contributed by atoms with Gasteiger partial charge < -0.3 is 4.74 Å². The minimum absolute atomic E-state index is 0.188. The van der Waals surface area contributed by atoms with Gasteiger partial charge >= 0.3 is 0 Å². The van der Waals surface area contributed by atoms with E-state index in [0.29, 0.717) is 24.7 Å². The van der Waals surface area contributed by atoms with Crippen LogP contribution in [0.4, 0.5) is 0 Å². The van der Waals surface area contributed by atoms with E-state index in [0.717, 1.165) is 28.9 Å². The van der Waals surface area contributed by atoms with Gasteiger partial charge in [0.05, 0.1) is 4.90 Å². The fourth-order valence-corrected chi connectivity index (χ4v) is 5.60. The summed E-state index contributed by atoms with van der Waals surface area (Å²) < 4.78 is 33.7. The molecule has 1 aliphatic heterocycles. The Labute approximate surface area is 160 Å². The van der Waals surface area contributed by atoms with Gasteiger partial charge in [-0.25, -0.2) is 13.1 Å². The average molecular weight is 392 g/mol. The lowest BCUT2D eigenvalue weighted by molar-refractivity contribution is 0.0784. The minimum atomic E-state index is -3.53. The van der Waals surface area contributed by atoms with Crippen LogP contribution in [-0.2, 0) is 14.8 Å². The third-order valence-electron chi connectivity index (χ3n) is 4.85. The molecular weight excluding hydrogens is 366 g/mol. The highest BCUT2D eigenvalue weighted by Gasteiger charge is 2.35. The number of rotatable bonds is 6. The maximum atomic E-state index is 12.8. The molecule has 2 aromatic carbocycles. The van der Waals surface area contributed by atoms with Crippen molar-refractivity contribution in [3.8, 4) is 0 Å². The molecule has 0 spiro atoms. The van der Waals surface area contributed by atoms with Crippen molar-refractivity contribution in [3.63, 3.8) is 0 Å². The van der Waals surface area contributed by atoms with E-state index in [1.54, 1.807) is 23.9 Å². The molecule has 0 saturated carbocycles. The monoisotopic (exact) mass is 391 g/mol. The summed E-state index contributed by atoms with van der Waals surface area (Å²) in [5.74, 6) is 0. The Hall–Kier alpha value is -1.34. The van der Waals surface area contributed by atoms with Crippen LogP contribution >= 0.6 is 11.8 Å². The number of sulfonamides is 1. The maximum absolute atomic E-state index is 12.8. The van der Waals surface area contributed by atoms with E-state index in [1.165, 1.54) is 0 Å². The van der Waals surface area contributed by atoms with Crippen molar-refractivity contribution in [2.24, 2.45) is 0 Å². The summed E-state index contributed by atoms with van der Waals surface area (Å²) in [5.41, 5.74) is 2.07. The van der Waals surface area contributed by atoms with Crippen molar-refractivity contribution in [1.29, 1.82) is 0 Å². The summed E-state index contributed by atoms with van der Waals surface area (Å²) in [7, 11) is -3.53. The third-order valence-corrected chi connectivity index (χ3v) is 7.75. The van der Waals surface area contributed by atoms with Gasteiger partial charge in [0.25, 0.3) is 0 Å². The highest BCUT2D eigenvalue weighted by molar-refractivity contribution is 8.00. The van der Waals surface area contributed by atoms with Crippen LogP contribution < -0.4 is 4.72 Å². The fraction of sp³-hybridized carbons (Fsp3) is 0.400. The van der Waals surface area contributed by atoms with Gasteiger partial charge in [-0.3, -0.25) is 0 Å². The molecule has 0 bridgehead atoms. The molecule has 2 aromatic rings. The van der Waals surface area contributed by atoms with Crippen LogP contribution in [0, 0.1) is 13.8 Å². The van der Waals surface area contributed by atoms with E-state index < -0.39 is 10.0 Å². The Bertz CT molecular complexity index is 845. The van der Waals surface area contributed by atoms with Crippen LogP contribution in [0.15, 0.2) is 58.3 Å². The molecule has 0 aliphatic carbocycles. The molecule has 140 valence electrons. The molecular formula is C20H25NO3S2. The second-order valence-corrected chi connectivity index (χ2v) is 10.1. The normalized spacial score (nSPS) is 17.2. The highest BCUT2D eigenvalue weighted by Crippen LogP contribution is 2.40. The Balaban J connectivity index is 1.77. The summed E-state index contributed by atoms with van der Waals surface area (Å²) in [5, 5.41) is 0. The van der Waals surface area contributed by atoms with Crippen molar-refractivity contribution in [2.75, 3.05) is 19.8 Å². The van der Waals surface area contributed by atoms with Gasteiger partial charge in [-0.15, -0.1) is 11.8 Å². The van der Waals surface area contributed by atoms with E-state index in [4.69, 9.17) is 4.74 Å². The van der Waals surface area contributed by atoms with Crippen molar-refractivity contribution in [2.45, 2.75) is 41.2 Å². The van der Waals surface area contributed by atoms with Gasteiger partial charge in [-0.05, 0) is 62.1 Å². The van der Waals surface area contributed by atoms with Crippen LogP contribution in [0.3, 0.4) is 0 Å². The predicted molar refractivity (Wildman–Crippen MR) is 106 cm³/mol. The molecule has 26 heavy (non-hydrogen) atoms. The third kappa shape index (κ3) is 4.68. The first-order chi connectivity index (χ1) is 12.4. The van der Waals surface area contributed by atoms with Gasteiger partial charge in [-0.1, -0.05) is 24.3 Å². The molecule has 0 atom stereocenters. The van der Waals surface area contributed by atoms with Gasteiger partial charge in [0.15, 0.2) is 0 Å². The summed E-state index contributed by atoms with van der Waals surface area (Å²) in [6.45, 7) is 5.62. The first kappa shape index (κ1) is 19.4. The van der Waals surface area contributed by atoms with E-state index >= 15 is 0 Å². The van der Waals surface area contributed by atoms with Crippen LogP contribution in [0.2, 0.25) is 0 Å². The molecule has 1 saturated heterocycles. The van der Waals surface area contributed by atoms with Crippen molar-refractivity contribution in [3.05, 3.63) is 59.7 Å². The molecule has 0 aromatic heterocycles. The standard InChI is InChI=1S/C20H25NO3S2/c1-16-8-9-19(14-17(16)2)26(22,23)21-15-20(10-12-24-13-11-20)25-18-6-4-3-5-7-18/h3-9,14,21H,10-13,15H2,1-2H3. The minimum Gasteiger partial charge on any atom is -0.381 e. The molecule has 6 heteroatoms. The van der Waals surface area contributed by atoms with Crippen LogP contribution in [-0.4, -0.2) is 32.9 Å². The second-order valence-electron chi connectivity index (χ2n) is 6.78. The number of hydrogen-bond donors (Lipinski definition) is 1. The number of nitrogens with one attached hydrogen (secondary N) is 1. The average Bonchev–Trinajstić information content (AvgIpc) is 2.64. The van der Waals surface area contributed by atoms with Crippen molar-refractivity contribution >= 4 is 21.8 Å². The lowest BCUT2D eigenvalue weighted by Crippen LogP contribution is -2.44. The Morgan fingerprint density at radius 3 is 2.38 bits per heavy atom. The molecule has 1 heterocycles. The van der Waals surface area contributed by atoms with Gasteiger partial charge in [0, 0.05) is 29.4 Å². The topological polar surface area (TPSA) is 55.4 Å². The number of thioether (sulfide) groups is 1. The summed E-state index contributed by atoms with van der Waals surface area (Å²) in [6.07, 6.45) is 1.64. The lowest BCUT2D eigenvalue weighted by Gasteiger charge is -2.36. The zero-order chi connectivity index (χ0) is 18.6. The molecule has 1 N–H and O–H groups in total. The van der Waals surface area contributed by atoms with Gasteiger partial charge in [-0.2, -0.15) is 0 Å². The summed E-state index contributed by atoms with van der Waals surface area (Å²) in [4.78, 5) is 1.48. The zero-order valence-electron chi connectivity index (χ0n) is 15.2. The quantitative estimate of drug-likeness (QED) is 0.811. The maximum Gasteiger partial charge on any atom is 0.240 e. The molecule has 1 aliphatic rings. The summed E-state index contributed by atoms with van der Waals surface area (Å²) in [6, 6.07) is 15.4. The van der Waals surface area contributed by atoms with Gasteiger partial charge in [0.1, 0.15) is 0 Å². The fourth-order valence-electron chi connectivity index (χ4n) is 2.99. The number of ether oxygens (including phenoxy) is 1. The van der Waals surface area contributed by atoms with E-state index in [2.05, 4.69) is 16.9 Å². The molecule has 0 unspecified atom stereocenters. The van der Waals surface area contributed by atoms with E-state index in [9.17, 15) is 8.42 Å². The molecule has 0 amide bonds. The highest BCUT2D eigenvalue weighted by atomic mass is 32.2. The molecule has 4 nitrogen and oxygen atoms in total. The van der Waals surface area contributed by atoms with Crippen LogP contribution in [0.5, 0.6) is 0 Å². The first-order valence-electron chi connectivity index (χ1n) is 8.79. The second kappa shape index (κ2) is 8.13. The van der Waals surface area contributed by atoms with E-state index in [1.807, 2.05) is 38.1 Å². The van der Waals surface area contributed by atoms with Crippen molar-refractivity contribution in [1.82, 2.24) is 4.72 Å². The Kier molecular flexibility index (Phi) is 6.07. The Morgan fingerprint density at radius 2 is 1.73 bits per heavy atom. The first-order valence-corrected chi connectivity index (χ1v) is 11.1. The van der Waals surface area contributed by atoms with E-state index in [-0.39, 0.29) is 4.75 Å². The van der Waals surface area contributed by atoms with Gasteiger partial charge in [0.2, 0.25) is 10.0 Å². The zero-order valence-corrected chi connectivity index (χ0v) is 16.8.